The Morgan fingerprint density at radius 3 is 1.31 bits per heavy atom. The highest BCUT2D eigenvalue weighted by Gasteiger charge is 2.42. The number of ether oxygens (including phenoxy) is 9. The number of halogens is 3. The number of nitrogens with zero attached hydrogens (tertiary/aromatic N) is 2. The zero-order valence-corrected chi connectivity index (χ0v) is 66.7. The first-order chi connectivity index (χ1) is 45.9. The number of aliphatic hydroxyl groups is 1. The van der Waals surface area contributed by atoms with Crippen molar-refractivity contribution in [3.05, 3.63) is 156 Å². The molecule has 23 nitrogen and oxygen atoms in total. The predicted molar refractivity (Wildman–Crippen MR) is 409 cm³/mol. The van der Waals surface area contributed by atoms with Gasteiger partial charge in [0.25, 0.3) is 5.91 Å². The van der Waals surface area contributed by atoms with Crippen LogP contribution in [0.5, 0.6) is 17.2 Å². The number of amides is 3. The van der Waals surface area contributed by atoms with Crippen molar-refractivity contribution in [3.63, 3.8) is 0 Å². The summed E-state index contributed by atoms with van der Waals surface area (Å²) < 4.78 is 48.5. The van der Waals surface area contributed by atoms with E-state index in [1.165, 1.54) is 28.4 Å². The molecular formula is C70H96Br3N5O18S4. The summed E-state index contributed by atoms with van der Waals surface area (Å²) in [5.74, 6) is 0.251. The van der Waals surface area contributed by atoms with Crippen molar-refractivity contribution in [2.24, 2.45) is 10.8 Å². The Kier molecular flexibility index (Phi) is 39.9. The van der Waals surface area contributed by atoms with Gasteiger partial charge in [-0.15, -0.1) is 0 Å². The van der Waals surface area contributed by atoms with Crippen molar-refractivity contribution in [1.29, 1.82) is 0 Å². The molecule has 0 aliphatic carbocycles. The van der Waals surface area contributed by atoms with E-state index in [9.17, 15) is 33.6 Å². The highest BCUT2D eigenvalue weighted by atomic mass is 79.9. The predicted octanol–water partition coefficient (Wildman–Crippen LogP) is 10.8. The first-order valence-corrected chi connectivity index (χ1v) is 34.1. The normalized spacial score (nSPS) is 17.6. The third-order valence-electron chi connectivity index (χ3n) is 17.0. The number of carbonyl (C=O) groups excluding carboxylic acids is 7. The highest BCUT2D eigenvalue weighted by Crippen LogP contribution is 2.38. The summed E-state index contributed by atoms with van der Waals surface area (Å²) in [6.07, 6.45) is 2.92. The fourth-order valence-electron chi connectivity index (χ4n) is 10.5. The van der Waals surface area contributed by atoms with Crippen LogP contribution in [0, 0.1) is 10.8 Å². The third-order valence-corrected chi connectivity index (χ3v) is 19.1. The Labute approximate surface area is 638 Å². The van der Waals surface area contributed by atoms with Gasteiger partial charge in [0.05, 0.1) is 80.2 Å². The van der Waals surface area contributed by atoms with Crippen LogP contribution >= 0.6 is 102 Å². The first kappa shape index (κ1) is 90.5. The molecular weight excluding hydrogens is 1570 g/mol. The second kappa shape index (κ2) is 44.1. The number of carbonyl (C=O) groups is 7. The van der Waals surface area contributed by atoms with E-state index in [0.29, 0.717) is 111 Å². The molecule has 0 aromatic heterocycles. The summed E-state index contributed by atoms with van der Waals surface area (Å²) in [6.45, 7) is 18.2. The molecule has 5 heterocycles. The van der Waals surface area contributed by atoms with Crippen LogP contribution in [0.2, 0.25) is 0 Å². The summed E-state index contributed by atoms with van der Waals surface area (Å²) >= 11 is 10.1. The lowest BCUT2D eigenvalue weighted by Crippen LogP contribution is -2.49. The molecule has 0 radical (unpaired) electrons. The highest BCUT2D eigenvalue weighted by molar-refractivity contribution is 9.11. The molecule has 2 fully saturated rings. The number of hydroxylamine groups is 1. The van der Waals surface area contributed by atoms with E-state index in [0.717, 1.165) is 80.1 Å². The maximum absolute atomic E-state index is 13.2. The smallest absolute Gasteiger partial charge is 0.337 e. The van der Waals surface area contributed by atoms with Crippen LogP contribution < -0.4 is 30.3 Å². The summed E-state index contributed by atoms with van der Waals surface area (Å²) in [4.78, 5) is 87.2. The maximum atomic E-state index is 13.2. The van der Waals surface area contributed by atoms with Gasteiger partial charge in [-0.3, -0.25) is 19.6 Å². The number of rotatable bonds is 12. The molecule has 5 N–H and O–H groups in total. The van der Waals surface area contributed by atoms with Crippen LogP contribution in [0.3, 0.4) is 0 Å². The van der Waals surface area contributed by atoms with Crippen molar-refractivity contribution in [2.75, 3.05) is 81.3 Å². The molecule has 100 heavy (non-hydrogen) atoms. The van der Waals surface area contributed by atoms with E-state index in [2.05, 4.69) is 79.6 Å². The lowest BCUT2D eigenvalue weighted by atomic mass is 9.80. The number of benzene rings is 5. The van der Waals surface area contributed by atoms with Crippen molar-refractivity contribution in [1.82, 2.24) is 25.9 Å². The monoisotopic (exact) mass is 1660 g/mol. The van der Waals surface area contributed by atoms with Gasteiger partial charge < -0.3 is 68.2 Å². The number of hydrogen-bond donors (Lipinski definition) is 5. The molecule has 5 aromatic carbocycles. The molecule has 554 valence electrons. The van der Waals surface area contributed by atoms with Crippen molar-refractivity contribution >= 4 is 143 Å². The number of nitrogens with one attached hydrogen (secondary N) is 3. The molecule has 3 amide bonds. The van der Waals surface area contributed by atoms with E-state index in [4.69, 9.17) is 38.7 Å². The van der Waals surface area contributed by atoms with Gasteiger partial charge in [0, 0.05) is 101 Å². The third kappa shape index (κ3) is 25.4. The van der Waals surface area contributed by atoms with E-state index in [-0.39, 0.29) is 114 Å². The van der Waals surface area contributed by atoms with Gasteiger partial charge in [0.15, 0.2) is 0 Å². The molecule has 10 rings (SSSR count). The van der Waals surface area contributed by atoms with Crippen LogP contribution in [0.25, 0.3) is 0 Å². The Balaban J connectivity index is 0.000000430. The quantitative estimate of drug-likeness (QED) is 0.0255. The van der Waals surface area contributed by atoms with Gasteiger partial charge in [-0.25, -0.2) is 24.7 Å². The molecule has 5 aromatic rings. The van der Waals surface area contributed by atoms with Crippen LogP contribution in [0.1, 0.15) is 147 Å². The van der Waals surface area contributed by atoms with Gasteiger partial charge in [0.2, 0.25) is 11.8 Å². The van der Waals surface area contributed by atoms with E-state index < -0.39 is 17.3 Å². The zero-order chi connectivity index (χ0) is 70.3. The number of esters is 4. The Morgan fingerprint density at radius 2 is 0.920 bits per heavy atom. The topological polar surface area (TPSA) is 286 Å². The average Bonchev–Trinajstić information content (AvgIpc) is 1.60. The number of fused-ring (bicyclic) bond motifs is 3. The van der Waals surface area contributed by atoms with Gasteiger partial charge in [-0.2, -0.15) is 54.0 Å². The van der Waals surface area contributed by atoms with Gasteiger partial charge in [-0.05, 0) is 125 Å². The van der Waals surface area contributed by atoms with E-state index >= 15 is 0 Å². The standard InChI is InChI=1S/C19H25NO5.C18H24N2O5.C12H16BrNO3.C12H15NO3.C9H8Br2O2.4H2S/c1-13-12-25-16-10-14(17(21)23-3)4-5-15(16)11-20(13)18(22)19(2)6-8-24-9-7-19;1-12-11-25-15-9-13(16(21)19-23)3-4-14(15)10-20(12)17(22)18(2)5-7-24-8-6-18;1-8(7-15)14-6-10-4-3-9(5-11(10)13)12(16)17-2;1-8-7-16-11-5-9(12(14)15-2)3-4-10(11)6-13-8;1-13-9(12)6-2-3-7(5-10)8(11)4-6;;;;/h4-5,10,13H,6-9,11-12H2,1-3H3;3-4,9,12,23H,5-8,10-11H2,1-2H3,(H,19,21);3-5,8,14-15H,6-7H2,1-2H3;3-5,8,13H,6-7H2,1-2H3;2-4H,5H2,1H3;4*1H2/t13-;12-;2*8-;;;;;/m0000...../s1. The summed E-state index contributed by atoms with van der Waals surface area (Å²) in [5.41, 5.74) is 8.12. The average molecular weight is 1660 g/mol. The number of hydrogen-bond acceptors (Lipinski definition) is 20. The van der Waals surface area contributed by atoms with Gasteiger partial charge in [0.1, 0.15) is 37.1 Å². The molecule has 5 aliphatic heterocycles. The molecule has 5 aliphatic rings. The van der Waals surface area contributed by atoms with Crippen LogP contribution in [-0.2, 0) is 69.5 Å². The minimum Gasteiger partial charge on any atom is -0.492 e. The lowest BCUT2D eigenvalue weighted by Gasteiger charge is -2.38. The molecule has 2 saturated heterocycles. The second-order valence-electron chi connectivity index (χ2n) is 24.2. The fourth-order valence-corrected chi connectivity index (χ4v) is 12.4. The minimum absolute atomic E-state index is 0. The van der Waals surface area contributed by atoms with Crippen molar-refractivity contribution in [3.8, 4) is 17.2 Å². The van der Waals surface area contributed by atoms with Gasteiger partial charge >= 0.3 is 23.9 Å². The molecule has 0 unspecified atom stereocenters. The van der Waals surface area contributed by atoms with Gasteiger partial charge in [-0.1, -0.05) is 92.0 Å². The summed E-state index contributed by atoms with van der Waals surface area (Å²) in [7, 11) is 5.45. The summed E-state index contributed by atoms with van der Waals surface area (Å²) in [6, 6.07) is 26.5. The second-order valence-corrected chi connectivity index (χ2v) is 26.5. The zero-order valence-electron chi connectivity index (χ0n) is 57.9. The van der Waals surface area contributed by atoms with E-state index in [1.807, 2.05) is 68.7 Å². The Hall–Kier alpha value is -5.61. The number of aliphatic hydroxyl groups excluding tert-OH is 1. The van der Waals surface area contributed by atoms with E-state index in [1.54, 1.807) is 72.2 Å². The largest absolute Gasteiger partial charge is 0.492 e. The molecule has 0 saturated carbocycles. The summed E-state index contributed by atoms with van der Waals surface area (Å²) in [5, 5.41) is 24.9. The number of alkyl halides is 1. The molecule has 4 atom stereocenters. The van der Waals surface area contributed by atoms with Crippen LogP contribution in [0.4, 0.5) is 0 Å². The SMILES string of the molecule is COC(=O)c1ccc(CBr)c(Br)c1.COC(=O)c1ccc(CN[C@@H](C)CO)c(Br)c1.COC(=O)c1ccc2c(c1)OC[C@H](C)N(C(=O)C1(C)CCOCC1)C2.COC(=O)c1ccc2c(c1)OC[C@H](C)NC2.C[C@H]1COc2cc(C(=O)NO)ccc2CN1C(=O)C1(C)CCOCC1.S.S.S.S. The Morgan fingerprint density at radius 1 is 0.560 bits per heavy atom. The number of methoxy groups -OCH3 is 4. The molecule has 0 bridgehead atoms. The lowest BCUT2D eigenvalue weighted by molar-refractivity contribution is -0.150. The van der Waals surface area contributed by atoms with Crippen LogP contribution in [-0.4, -0.2) is 167 Å². The van der Waals surface area contributed by atoms with Crippen LogP contribution in [0.15, 0.2) is 99.9 Å². The fraction of sp³-hybridized carbons (Fsp3) is 0.471. The van der Waals surface area contributed by atoms with Crippen molar-refractivity contribution in [2.45, 2.75) is 123 Å². The first-order valence-electron chi connectivity index (χ1n) is 31.4. The van der Waals surface area contributed by atoms with Crippen molar-refractivity contribution < 1.29 is 86.5 Å². The Bertz CT molecular complexity index is 3400. The molecule has 30 heteroatoms. The molecule has 0 spiro atoms. The maximum Gasteiger partial charge on any atom is 0.337 e. The minimum atomic E-state index is -0.591.